The second-order valence-electron chi connectivity index (χ2n) is 8.69. The Bertz CT molecular complexity index is 871. The van der Waals surface area contributed by atoms with Crippen molar-refractivity contribution in [2.75, 3.05) is 0 Å². The molecule has 1 N–H and O–H groups in total. The van der Waals surface area contributed by atoms with E-state index in [0.29, 0.717) is 24.4 Å². The van der Waals surface area contributed by atoms with Gasteiger partial charge in [-0.3, -0.25) is 4.79 Å². The largest absolute Gasteiger partial charge is 0.454 e. The molecule has 0 spiro atoms. The molecule has 5 rings (SSSR count). The van der Waals surface area contributed by atoms with Crippen LogP contribution in [0.2, 0.25) is 0 Å². The number of amides is 1. The van der Waals surface area contributed by atoms with Gasteiger partial charge in [-0.1, -0.05) is 32.1 Å². The van der Waals surface area contributed by atoms with Crippen LogP contribution in [0.3, 0.4) is 0 Å². The normalized spacial score (nSPS) is 20.2. The third-order valence-corrected chi connectivity index (χ3v) is 6.71. The van der Waals surface area contributed by atoms with Crippen molar-refractivity contribution >= 4 is 12.0 Å². The molecule has 0 unspecified atom stereocenters. The van der Waals surface area contributed by atoms with E-state index in [1.807, 2.05) is 18.2 Å². The van der Waals surface area contributed by atoms with Crippen LogP contribution in [0.4, 0.5) is 0 Å². The van der Waals surface area contributed by atoms with E-state index in [4.69, 9.17) is 4.42 Å². The van der Waals surface area contributed by atoms with Gasteiger partial charge in [-0.2, -0.15) is 0 Å². The van der Waals surface area contributed by atoms with Crippen LogP contribution in [0.5, 0.6) is 0 Å². The Balaban J connectivity index is 1.29. The standard InChI is InChI=1S/C23H30N4O2/c28-23(27(18-8-4-5-9-18)17-6-2-1-3-7-17)22-11-10-19(29-22)14-26-13-12-20-21(15-26)25-16-24-20/h10-13,16-18H,1-9,14-15H2,(H,24,25). The third-order valence-electron chi connectivity index (χ3n) is 6.71. The first-order valence-electron chi connectivity index (χ1n) is 11.1. The van der Waals surface area contributed by atoms with Gasteiger partial charge in [0.15, 0.2) is 5.76 Å². The van der Waals surface area contributed by atoms with E-state index in [9.17, 15) is 4.79 Å². The van der Waals surface area contributed by atoms with E-state index in [1.165, 1.54) is 32.1 Å². The van der Waals surface area contributed by atoms with Crippen LogP contribution in [0, 0.1) is 0 Å². The molecule has 1 amide bonds. The van der Waals surface area contributed by atoms with Crippen LogP contribution in [-0.4, -0.2) is 37.8 Å². The highest BCUT2D eigenvalue weighted by Gasteiger charge is 2.35. The highest BCUT2D eigenvalue weighted by atomic mass is 16.4. The zero-order chi connectivity index (χ0) is 19.6. The minimum absolute atomic E-state index is 0.0961. The molecule has 2 aliphatic carbocycles. The highest BCUT2D eigenvalue weighted by Crippen LogP contribution is 2.32. The van der Waals surface area contributed by atoms with Crippen molar-refractivity contribution in [3.8, 4) is 0 Å². The Labute approximate surface area is 172 Å². The maximum Gasteiger partial charge on any atom is 0.290 e. The number of H-pyrrole nitrogens is 1. The zero-order valence-corrected chi connectivity index (χ0v) is 17.0. The maximum absolute atomic E-state index is 13.5. The van der Waals surface area contributed by atoms with E-state index in [0.717, 1.165) is 49.4 Å². The quantitative estimate of drug-likeness (QED) is 0.798. The van der Waals surface area contributed by atoms with Gasteiger partial charge in [0.1, 0.15) is 5.76 Å². The van der Waals surface area contributed by atoms with E-state index in [-0.39, 0.29) is 5.91 Å². The Hall–Kier alpha value is -2.50. The molecular formula is C23H30N4O2. The molecule has 2 aromatic rings. The third kappa shape index (κ3) is 3.85. The number of nitrogens with zero attached hydrogens (tertiary/aromatic N) is 3. The summed E-state index contributed by atoms with van der Waals surface area (Å²) in [6, 6.07) is 4.60. The number of fused-ring (bicyclic) bond motifs is 1. The molecule has 0 aromatic carbocycles. The summed E-state index contributed by atoms with van der Waals surface area (Å²) in [7, 11) is 0. The van der Waals surface area contributed by atoms with Crippen LogP contribution in [0.25, 0.3) is 6.08 Å². The number of aromatic amines is 1. The number of hydrogen-bond acceptors (Lipinski definition) is 4. The molecule has 1 aliphatic heterocycles. The van der Waals surface area contributed by atoms with Crippen molar-refractivity contribution in [2.45, 2.75) is 83.0 Å². The Morgan fingerprint density at radius 2 is 1.83 bits per heavy atom. The van der Waals surface area contributed by atoms with Gasteiger partial charge in [0, 0.05) is 18.3 Å². The first-order valence-corrected chi connectivity index (χ1v) is 11.1. The molecule has 2 saturated carbocycles. The molecule has 6 nitrogen and oxygen atoms in total. The van der Waals surface area contributed by atoms with E-state index < -0.39 is 0 Å². The molecule has 6 heteroatoms. The van der Waals surface area contributed by atoms with Gasteiger partial charge in [-0.15, -0.1) is 0 Å². The summed E-state index contributed by atoms with van der Waals surface area (Å²) < 4.78 is 6.05. The van der Waals surface area contributed by atoms with Crippen LogP contribution < -0.4 is 0 Å². The average Bonchev–Trinajstić information content (AvgIpc) is 3.51. The first-order chi connectivity index (χ1) is 14.3. The lowest BCUT2D eigenvalue weighted by Crippen LogP contribution is -2.47. The minimum Gasteiger partial charge on any atom is -0.454 e. The number of carbonyl (C=O) groups excluding carboxylic acids is 1. The summed E-state index contributed by atoms with van der Waals surface area (Å²) >= 11 is 0. The lowest BCUT2D eigenvalue weighted by Gasteiger charge is -2.38. The minimum atomic E-state index is 0.0961. The van der Waals surface area contributed by atoms with Crippen molar-refractivity contribution in [1.82, 2.24) is 19.8 Å². The summed E-state index contributed by atoms with van der Waals surface area (Å²) in [5, 5.41) is 0. The number of aromatic nitrogens is 2. The number of carbonyl (C=O) groups is 1. The lowest BCUT2D eigenvalue weighted by atomic mass is 9.92. The van der Waals surface area contributed by atoms with Gasteiger partial charge in [0.25, 0.3) is 5.91 Å². The lowest BCUT2D eigenvalue weighted by molar-refractivity contribution is 0.0483. The average molecular weight is 395 g/mol. The van der Waals surface area contributed by atoms with Gasteiger partial charge in [0.2, 0.25) is 0 Å². The predicted octanol–water partition coefficient (Wildman–Crippen LogP) is 4.71. The molecule has 3 heterocycles. The Morgan fingerprint density at radius 3 is 2.59 bits per heavy atom. The predicted molar refractivity (Wildman–Crippen MR) is 111 cm³/mol. The molecule has 2 fully saturated rings. The molecule has 0 radical (unpaired) electrons. The van der Waals surface area contributed by atoms with Gasteiger partial charge in [-0.05, 0) is 43.9 Å². The number of imidazole rings is 1. The maximum atomic E-state index is 13.5. The van der Waals surface area contributed by atoms with Gasteiger partial charge < -0.3 is 19.2 Å². The highest BCUT2D eigenvalue weighted by molar-refractivity contribution is 5.92. The molecule has 0 atom stereocenters. The summed E-state index contributed by atoms with van der Waals surface area (Å²) in [6.07, 6.45) is 16.6. The molecule has 3 aliphatic rings. The smallest absolute Gasteiger partial charge is 0.290 e. The van der Waals surface area contributed by atoms with Crippen LogP contribution in [-0.2, 0) is 13.1 Å². The van der Waals surface area contributed by atoms with Crippen LogP contribution in [0.1, 0.15) is 85.5 Å². The van der Waals surface area contributed by atoms with E-state index in [2.05, 4.69) is 26.0 Å². The van der Waals surface area contributed by atoms with Crippen molar-refractivity contribution in [3.63, 3.8) is 0 Å². The molecule has 0 bridgehead atoms. The van der Waals surface area contributed by atoms with Crippen molar-refractivity contribution in [3.05, 3.63) is 47.6 Å². The zero-order valence-electron chi connectivity index (χ0n) is 17.0. The van der Waals surface area contributed by atoms with Crippen molar-refractivity contribution in [1.29, 1.82) is 0 Å². The second kappa shape index (κ2) is 8.09. The van der Waals surface area contributed by atoms with E-state index >= 15 is 0 Å². The Morgan fingerprint density at radius 1 is 1.10 bits per heavy atom. The number of rotatable bonds is 5. The Kier molecular flexibility index (Phi) is 5.17. The summed E-state index contributed by atoms with van der Waals surface area (Å²) in [5.74, 6) is 1.42. The second-order valence-corrected chi connectivity index (χ2v) is 8.69. The van der Waals surface area contributed by atoms with Crippen molar-refractivity contribution in [2.24, 2.45) is 0 Å². The molecule has 2 aromatic heterocycles. The SMILES string of the molecule is O=C(c1ccc(CN2C=Cc3[nH]cnc3C2)o1)N(C1CCCCC1)C1CCCC1. The molecular weight excluding hydrogens is 364 g/mol. The van der Waals surface area contributed by atoms with E-state index in [1.54, 1.807) is 6.33 Å². The van der Waals surface area contributed by atoms with Crippen LogP contribution >= 0.6 is 0 Å². The summed E-state index contributed by atoms with van der Waals surface area (Å²) in [6.45, 7) is 1.39. The number of hydrogen-bond donors (Lipinski definition) is 1. The number of nitrogens with one attached hydrogen (secondary N) is 1. The topological polar surface area (TPSA) is 65.4 Å². The fourth-order valence-corrected chi connectivity index (χ4v) is 5.21. The fourth-order valence-electron chi connectivity index (χ4n) is 5.21. The monoisotopic (exact) mass is 394 g/mol. The van der Waals surface area contributed by atoms with Gasteiger partial charge >= 0.3 is 0 Å². The molecule has 0 saturated heterocycles. The van der Waals surface area contributed by atoms with Gasteiger partial charge in [-0.25, -0.2) is 4.98 Å². The first kappa shape index (κ1) is 18.5. The molecule has 29 heavy (non-hydrogen) atoms. The number of furan rings is 1. The van der Waals surface area contributed by atoms with Crippen molar-refractivity contribution < 1.29 is 9.21 Å². The fraction of sp³-hybridized carbons (Fsp3) is 0.565. The summed E-state index contributed by atoms with van der Waals surface area (Å²) in [4.78, 5) is 25.3. The van der Waals surface area contributed by atoms with Gasteiger partial charge in [0.05, 0.1) is 30.8 Å². The summed E-state index contributed by atoms with van der Waals surface area (Å²) in [5.41, 5.74) is 2.11. The molecule has 154 valence electrons. The van der Waals surface area contributed by atoms with Crippen LogP contribution in [0.15, 0.2) is 29.1 Å².